The maximum atomic E-state index is 11.9. The van der Waals surface area contributed by atoms with Crippen molar-refractivity contribution in [2.45, 2.75) is 19.9 Å². The van der Waals surface area contributed by atoms with Crippen LogP contribution in [0, 0.1) is 6.92 Å². The lowest BCUT2D eigenvalue weighted by atomic mass is 10.1. The number of hydrogen-bond donors (Lipinski definition) is 1. The molecule has 0 aliphatic heterocycles. The van der Waals surface area contributed by atoms with Crippen LogP contribution in [0.5, 0.6) is 0 Å². The van der Waals surface area contributed by atoms with E-state index in [-0.39, 0.29) is 17.7 Å². The molecule has 6 heteroatoms. The summed E-state index contributed by atoms with van der Waals surface area (Å²) in [5.74, 6) is 0.0479. The van der Waals surface area contributed by atoms with Gasteiger partial charge in [0.2, 0.25) is 0 Å². The van der Waals surface area contributed by atoms with Crippen molar-refractivity contribution in [3.63, 3.8) is 0 Å². The fourth-order valence-electron chi connectivity index (χ4n) is 1.82. The number of nitrogens with zero attached hydrogens (tertiary/aromatic N) is 2. The van der Waals surface area contributed by atoms with Crippen LogP contribution in [0.25, 0.3) is 0 Å². The normalized spacial score (nSPS) is 12.4. The standard InChI is InChI=1S/C12H14BrN3O2/c1-7(9-6-16(3)15-8(9)2)14-12(17)10-4-5-11(13)18-10/h4-7H,1-3H3,(H,14,17)/t7-/m0/s1. The molecule has 0 saturated carbocycles. The van der Waals surface area contributed by atoms with E-state index in [1.807, 2.05) is 27.1 Å². The van der Waals surface area contributed by atoms with Gasteiger partial charge in [-0.2, -0.15) is 5.10 Å². The number of nitrogens with one attached hydrogen (secondary N) is 1. The SMILES string of the molecule is Cc1nn(C)cc1[C@H](C)NC(=O)c1ccc(Br)o1. The first-order valence-electron chi connectivity index (χ1n) is 5.53. The molecule has 0 aromatic carbocycles. The number of aryl methyl sites for hydroxylation is 2. The predicted molar refractivity (Wildman–Crippen MR) is 70.2 cm³/mol. The zero-order chi connectivity index (χ0) is 13.3. The summed E-state index contributed by atoms with van der Waals surface area (Å²) in [5.41, 5.74) is 1.90. The van der Waals surface area contributed by atoms with Crippen molar-refractivity contribution in [3.05, 3.63) is 40.0 Å². The van der Waals surface area contributed by atoms with Crippen LogP contribution in [-0.4, -0.2) is 15.7 Å². The number of hydrogen-bond acceptors (Lipinski definition) is 3. The smallest absolute Gasteiger partial charge is 0.287 e. The van der Waals surface area contributed by atoms with Gasteiger partial charge in [0.1, 0.15) is 0 Å². The summed E-state index contributed by atoms with van der Waals surface area (Å²) in [6.45, 7) is 3.83. The summed E-state index contributed by atoms with van der Waals surface area (Å²) >= 11 is 3.17. The van der Waals surface area contributed by atoms with Gasteiger partial charge in [0, 0.05) is 18.8 Å². The van der Waals surface area contributed by atoms with Crippen molar-refractivity contribution < 1.29 is 9.21 Å². The second-order valence-electron chi connectivity index (χ2n) is 4.14. The van der Waals surface area contributed by atoms with Gasteiger partial charge in [-0.05, 0) is 41.9 Å². The summed E-state index contributed by atoms with van der Waals surface area (Å²) in [5, 5.41) is 7.12. The first-order chi connectivity index (χ1) is 8.47. The molecule has 0 saturated heterocycles. The summed E-state index contributed by atoms with van der Waals surface area (Å²) in [7, 11) is 1.86. The number of furan rings is 1. The van der Waals surface area contributed by atoms with Gasteiger partial charge >= 0.3 is 0 Å². The number of halogens is 1. The highest BCUT2D eigenvalue weighted by atomic mass is 79.9. The fraction of sp³-hybridized carbons (Fsp3) is 0.333. The predicted octanol–water partition coefficient (Wildman–Crippen LogP) is 2.58. The highest BCUT2D eigenvalue weighted by molar-refractivity contribution is 9.10. The lowest BCUT2D eigenvalue weighted by Crippen LogP contribution is -2.26. The van der Waals surface area contributed by atoms with Crippen LogP contribution < -0.4 is 5.32 Å². The van der Waals surface area contributed by atoms with E-state index < -0.39 is 0 Å². The Balaban J connectivity index is 2.10. The van der Waals surface area contributed by atoms with Crippen LogP contribution in [0.1, 0.15) is 34.8 Å². The zero-order valence-corrected chi connectivity index (χ0v) is 12.0. The molecule has 2 aromatic rings. The minimum Gasteiger partial charge on any atom is -0.444 e. The third kappa shape index (κ3) is 2.64. The Morgan fingerprint density at radius 1 is 1.56 bits per heavy atom. The summed E-state index contributed by atoms with van der Waals surface area (Å²) in [4.78, 5) is 11.9. The molecule has 2 rings (SSSR count). The number of aromatic nitrogens is 2. The van der Waals surface area contributed by atoms with Crippen LogP contribution in [0.4, 0.5) is 0 Å². The van der Waals surface area contributed by atoms with Gasteiger partial charge in [-0.3, -0.25) is 9.48 Å². The molecule has 18 heavy (non-hydrogen) atoms. The molecule has 1 atom stereocenters. The molecule has 0 aliphatic rings. The molecule has 1 N–H and O–H groups in total. The summed E-state index contributed by atoms with van der Waals surface area (Å²) in [6.07, 6.45) is 1.90. The average Bonchev–Trinajstić information content (AvgIpc) is 2.84. The lowest BCUT2D eigenvalue weighted by molar-refractivity contribution is 0.0910. The van der Waals surface area contributed by atoms with E-state index >= 15 is 0 Å². The van der Waals surface area contributed by atoms with Crippen LogP contribution in [-0.2, 0) is 7.05 Å². The first-order valence-corrected chi connectivity index (χ1v) is 6.33. The Bertz CT molecular complexity index is 574. The highest BCUT2D eigenvalue weighted by Crippen LogP contribution is 2.18. The molecule has 2 aromatic heterocycles. The molecule has 0 unspecified atom stereocenters. The molecule has 0 fully saturated rings. The number of amides is 1. The topological polar surface area (TPSA) is 60.1 Å². The molecule has 96 valence electrons. The van der Waals surface area contributed by atoms with E-state index in [9.17, 15) is 4.79 Å². The van der Waals surface area contributed by atoms with E-state index in [0.29, 0.717) is 4.67 Å². The molecule has 0 radical (unpaired) electrons. The van der Waals surface area contributed by atoms with Gasteiger partial charge in [-0.25, -0.2) is 0 Å². The molecule has 2 heterocycles. The zero-order valence-electron chi connectivity index (χ0n) is 10.4. The third-order valence-corrected chi connectivity index (χ3v) is 3.09. The van der Waals surface area contributed by atoms with Crippen molar-refractivity contribution in [1.82, 2.24) is 15.1 Å². The van der Waals surface area contributed by atoms with Gasteiger partial charge in [0.15, 0.2) is 10.4 Å². The van der Waals surface area contributed by atoms with Crippen molar-refractivity contribution in [1.29, 1.82) is 0 Å². The van der Waals surface area contributed by atoms with Gasteiger partial charge in [0.25, 0.3) is 5.91 Å². The lowest BCUT2D eigenvalue weighted by Gasteiger charge is -2.11. The average molecular weight is 312 g/mol. The molecule has 0 spiro atoms. The van der Waals surface area contributed by atoms with Crippen LogP contribution in [0.2, 0.25) is 0 Å². The summed E-state index contributed by atoms with van der Waals surface area (Å²) < 4.78 is 7.47. The molecule has 0 bridgehead atoms. The van der Waals surface area contributed by atoms with Crippen LogP contribution >= 0.6 is 15.9 Å². The number of carbonyl (C=O) groups excluding carboxylic acids is 1. The van der Waals surface area contributed by atoms with E-state index in [1.165, 1.54) is 0 Å². The van der Waals surface area contributed by atoms with Crippen molar-refractivity contribution in [2.24, 2.45) is 7.05 Å². The van der Waals surface area contributed by atoms with E-state index in [1.54, 1.807) is 16.8 Å². The van der Waals surface area contributed by atoms with Crippen molar-refractivity contribution >= 4 is 21.8 Å². The molecular formula is C12H14BrN3O2. The summed E-state index contributed by atoms with van der Waals surface area (Å²) in [6, 6.07) is 3.20. The minimum absolute atomic E-state index is 0.116. The number of rotatable bonds is 3. The van der Waals surface area contributed by atoms with Crippen LogP contribution in [0.3, 0.4) is 0 Å². The molecule has 1 amide bonds. The quantitative estimate of drug-likeness (QED) is 0.947. The monoisotopic (exact) mass is 311 g/mol. The van der Waals surface area contributed by atoms with Gasteiger partial charge < -0.3 is 9.73 Å². The van der Waals surface area contributed by atoms with Gasteiger partial charge in [-0.15, -0.1) is 0 Å². The highest BCUT2D eigenvalue weighted by Gasteiger charge is 2.17. The minimum atomic E-state index is -0.239. The van der Waals surface area contributed by atoms with E-state index in [2.05, 4.69) is 26.3 Å². The second kappa shape index (κ2) is 4.97. The molecule has 5 nitrogen and oxygen atoms in total. The third-order valence-electron chi connectivity index (χ3n) is 2.66. The maximum Gasteiger partial charge on any atom is 0.287 e. The van der Waals surface area contributed by atoms with Gasteiger partial charge in [-0.1, -0.05) is 0 Å². The van der Waals surface area contributed by atoms with Crippen molar-refractivity contribution in [3.8, 4) is 0 Å². The van der Waals surface area contributed by atoms with E-state index in [0.717, 1.165) is 11.3 Å². The second-order valence-corrected chi connectivity index (χ2v) is 4.92. The Morgan fingerprint density at radius 2 is 2.28 bits per heavy atom. The van der Waals surface area contributed by atoms with Crippen LogP contribution in [0.15, 0.2) is 27.4 Å². The maximum absolute atomic E-state index is 11.9. The van der Waals surface area contributed by atoms with E-state index in [4.69, 9.17) is 4.42 Å². The first kappa shape index (κ1) is 12.9. The molecular weight excluding hydrogens is 298 g/mol. The number of carbonyl (C=O) groups is 1. The Morgan fingerprint density at radius 3 is 2.78 bits per heavy atom. The van der Waals surface area contributed by atoms with Gasteiger partial charge in [0.05, 0.1) is 11.7 Å². The Hall–Kier alpha value is -1.56. The largest absolute Gasteiger partial charge is 0.444 e. The fourth-order valence-corrected chi connectivity index (χ4v) is 2.13. The van der Waals surface area contributed by atoms with Crippen molar-refractivity contribution in [2.75, 3.05) is 0 Å². The molecule has 0 aliphatic carbocycles. The Kier molecular flexibility index (Phi) is 3.56. The Labute approximate surface area is 113 Å².